The third-order valence-corrected chi connectivity index (χ3v) is 4.74. The van der Waals surface area contributed by atoms with E-state index < -0.39 is 0 Å². The zero-order valence-electron chi connectivity index (χ0n) is 11.8. The van der Waals surface area contributed by atoms with Crippen LogP contribution in [0.15, 0.2) is 18.5 Å². The van der Waals surface area contributed by atoms with Gasteiger partial charge < -0.3 is 15.6 Å². The first kappa shape index (κ1) is 13.9. The van der Waals surface area contributed by atoms with Gasteiger partial charge in [-0.3, -0.25) is 4.57 Å². The Kier molecular flexibility index (Phi) is 3.28. The second kappa shape index (κ2) is 5.19. The molecule has 8 heteroatoms. The van der Waals surface area contributed by atoms with Gasteiger partial charge in [0.1, 0.15) is 11.7 Å². The molecule has 7 nitrogen and oxygen atoms in total. The molecule has 1 aliphatic heterocycles. The molecule has 0 bridgehead atoms. The number of allylic oxidation sites excluding steroid dienone is 2. The number of imidazole rings is 1. The maximum atomic E-state index is 9.58. The molecule has 1 saturated heterocycles. The van der Waals surface area contributed by atoms with Crippen molar-refractivity contribution in [2.75, 3.05) is 12.3 Å². The van der Waals surface area contributed by atoms with Crippen LogP contribution in [0.5, 0.6) is 0 Å². The average molecular weight is 322 g/mol. The largest absolute Gasteiger partial charge is 0.394 e. The number of hydrogen-bond acceptors (Lipinski definition) is 6. The first-order chi connectivity index (χ1) is 10.7. The first-order valence-corrected chi connectivity index (χ1v) is 7.63. The lowest BCUT2D eigenvalue weighted by molar-refractivity contribution is -0.0349. The number of hydrogen-bond donors (Lipinski definition) is 2. The summed E-state index contributed by atoms with van der Waals surface area (Å²) in [6.07, 6.45) is 7.38. The number of ether oxygens (including phenoxy) is 1. The van der Waals surface area contributed by atoms with Crippen molar-refractivity contribution in [2.24, 2.45) is 11.8 Å². The summed E-state index contributed by atoms with van der Waals surface area (Å²) in [5.41, 5.74) is 6.93. The lowest BCUT2D eigenvalue weighted by Gasteiger charge is -2.25. The van der Waals surface area contributed by atoms with E-state index in [1.54, 1.807) is 6.33 Å². The summed E-state index contributed by atoms with van der Waals surface area (Å²) < 4.78 is 7.93. The number of aliphatic hydroxyl groups is 1. The van der Waals surface area contributed by atoms with E-state index in [9.17, 15) is 5.11 Å². The highest BCUT2D eigenvalue weighted by atomic mass is 35.5. The molecule has 4 atom stereocenters. The smallest absolute Gasteiger partial charge is 0.226 e. The second-order valence-corrected chi connectivity index (χ2v) is 6.06. The lowest BCUT2D eigenvalue weighted by atomic mass is 9.81. The highest BCUT2D eigenvalue weighted by molar-refractivity contribution is 6.28. The molecule has 22 heavy (non-hydrogen) atoms. The third-order valence-electron chi connectivity index (χ3n) is 4.57. The van der Waals surface area contributed by atoms with Crippen LogP contribution in [0, 0.1) is 11.8 Å². The number of halogens is 1. The Labute approximate surface area is 131 Å². The standard InChI is InChI=1S/C14H16ClN5O2/c15-14-18-11(16)10-12(19-14)20(6-17-10)13-8-4-2-1-3-7(8)9(5-21)22-13/h1-2,6-9,13,21H,3-5H2,(H2,16,18,19)/t7-,8+,9+,13-/m0/s1. The van der Waals surface area contributed by atoms with Gasteiger partial charge in [-0.1, -0.05) is 12.2 Å². The second-order valence-electron chi connectivity index (χ2n) is 5.72. The van der Waals surface area contributed by atoms with Crippen LogP contribution in [0.3, 0.4) is 0 Å². The number of nitrogen functional groups attached to an aromatic ring is 1. The van der Waals surface area contributed by atoms with Gasteiger partial charge in [0.25, 0.3) is 0 Å². The molecule has 0 spiro atoms. The van der Waals surface area contributed by atoms with Gasteiger partial charge in [-0.25, -0.2) is 4.98 Å². The molecule has 2 aromatic rings. The van der Waals surface area contributed by atoms with Crippen LogP contribution in [-0.4, -0.2) is 37.3 Å². The molecule has 2 aromatic heterocycles. The fourth-order valence-corrected chi connectivity index (χ4v) is 3.71. The summed E-state index contributed by atoms with van der Waals surface area (Å²) >= 11 is 5.92. The Balaban J connectivity index is 1.80. The molecular formula is C14H16ClN5O2. The minimum absolute atomic E-state index is 0.00994. The quantitative estimate of drug-likeness (QED) is 0.643. The number of anilines is 1. The summed E-state index contributed by atoms with van der Waals surface area (Å²) in [7, 11) is 0. The molecule has 0 aromatic carbocycles. The normalized spacial score (nSPS) is 30.8. The summed E-state index contributed by atoms with van der Waals surface area (Å²) in [6.45, 7) is 0.00994. The zero-order valence-corrected chi connectivity index (χ0v) is 12.5. The zero-order chi connectivity index (χ0) is 15.3. The number of rotatable bonds is 2. The van der Waals surface area contributed by atoms with Gasteiger partial charge in [0.05, 0.1) is 19.0 Å². The van der Waals surface area contributed by atoms with Crippen LogP contribution in [0.2, 0.25) is 5.28 Å². The van der Waals surface area contributed by atoms with E-state index in [4.69, 9.17) is 22.1 Å². The summed E-state index contributed by atoms with van der Waals surface area (Å²) in [5.74, 6) is 0.826. The van der Waals surface area contributed by atoms with Crippen molar-refractivity contribution in [2.45, 2.75) is 25.2 Å². The van der Waals surface area contributed by atoms with E-state index in [1.165, 1.54) is 0 Å². The molecule has 3 N–H and O–H groups in total. The van der Waals surface area contributed by atoms with Crippen molar-refractivity contribution in [1.82, 2.24) is 19.5 Å². The average Bonchev–Trinajstić information content (AvgIpc) is 3.08. The fourth-order valence-electron chi connectivity index (χ4n) is 3.54. The molecule has 3 heterocycles. The van der Waals surface area contributed by atoms with Crippen LogP contribution in [-0.2, 0) is 4.74 Å². The first-order valence-electron chi connectivity index (χ1n) is 7.26. The van der Waals surface area contributed by atoms with Crippen molar-refractivity contribution in [3.63, 3.8) is 0 Å². The van der Waals surface area contributed by atoms with Crippen LogP contribution >= 0.6 is 11.6 Å². The molecule has 0 unspecified atom stereocenters. The number of aromatic nitrogens is 4. The molecular weight excluding hydrogens is 306 g/mol. The molecule has 1 aliphatic carbocycles. The fraction of sp³-hybridized carbons (Fsp3) is 0.500. The van der Waals surface area contributed by atoms with Crippen LogP contribution in [0.25, 0.3) is 11.2 Å². The lowest BCUT2D eigenvalue weighted by Crippen LogP contribution is -2.25. The van der Waals surface area contributed by atoms with Crippen molar-refractivity contribution in [1.29, 1.82) is 0 Å². The van der Waals surface area contributed by atoms with E-state index >= 15 is 0 Å². The minimum atomic E-state index is -0.234. The molecule has 2 aliphatic rings. The Morgan fingerprint density at radius 2 is 2.09 bits per heavy atom. The Bertz CT molecular complexity index is 746. The maximum absolute atomic E-state index is 9.58. The molecule has 116 valence electrons. The van der Waals surface area contributed by atoms with E-state index in [2.05, 4.69) is 27.1 Å². The Morgan fingerprint density at radius 3 is 2.86 bits per heavy atom. The van der Waals surface area contributed by atoms with E-state index in [0.29, 0.717) is 17.1 Å². The highest BCUT2D eigenvalue weighted by Crippen LogP contribution is 2.46. The van der Waals surface area contributed by atoms with Gasteiger partial charge in [0.15, 0.2) is 11.5 Å². The molecule has 0 amide bonds. The topological polar surface area (TPSA) is 99.1 Å². The van der Waals surface area contributed by atoms with Crippen LogP contribution in [0.4, 0.5) is 5.82 Å². The van der Waals surface area contributed by atoms with Gasteiger partial charge in [0.2, 0.25) is 5.28 Å². The van der Waals surface area contributed by atoms with Gasteiger partial charge >= 0.3 is 0 Å². The van der Waals surface area contributed by atoms with Gasteiger partial charge in [0, 0.05) is 5.92 Å². The molecule has 4 rings (SSSR count). The number of nitrogens with two attached hydrogens (primary N) is 1. The Hall–Kier alpha value is -1.70. The molecule has 0 radical (unpaired) electrons. The highest BCUT2D eigenvalue weighted by Gasteiger charge is 2.45. The SMILES string of the molecule is Nc1nc(Cl)nc2c1ncn2[C@H]1O[C@H](CO)[C@H]2CC=CC[C@H]21. The van der Waals surface area contributed by atoms with Crippen molar-refractivity contribution in [3.8, 4) is 0 Å². The number of nitrogens with zero attached hydrogens (tertiary/aromatic N) is 4. The van der Waals surface area contributed by atoms with Gasteiger partial charge in [-0.2, -0.15) is 9.97 Å². The molecule has 1 fully saturated rings. The third kappa shape index (κ3) is 2.00. The van der Waals surface area contributed by atoms with Crippen molar-refractivity contribution in [3.05, 3.63) is 23.8 Å². The van der Waals surface area contributed by atoms with Crippen LogP contribution in [0.1, 0.15) is 19.1 Å². The van der Waals surface area contributed by atoms with E-state index in [0.717, 1.165) is 12.8 Å². The minimum Gasteiger partial charge on any atom is -0.394 e. The predicted octanol–water partition coefficient (Wildman–Crippen LogP) is 1.53. The van der Waals surface area contributed by atoms with E-state index in [-0.39, 0.29) is 36.0 Å². The summed E-state index contributed by atoms with van der Waals surface area (Å²) in [4.78, 5) is 12.4. The van der Waals surface area contributed by atoms with Gasteiger partial charge in [-0.15, -0.1) is 0 Å². The predicted molar refractivity (Wildman–Crippen MR) is 81.1 cm³/mol. The monoisotopic (exact) mass is 321 g/mol. The number of fused-ring (bicyclic) bond motifs is 2. The van der Waals surface area contributed by atoms with Crippen molar-refractivity contribution >= 4 is 28.6 Å². The summed E-state index contributed by atoms with van der Waals surface area (Å²) in [5, 5.41) is 9.67. The van der Waals surface area contributed by atoms with Crippen molar-refractivity contribution < 1.29 is 9.84 Å². The maximum Gasteiger partial charge on any atom is 0.226 e. The number of aliphatic hydroxyl groups excluding tert-OH is 1. The Morgan fingerprint density at radius 1 is 1.32 bits per heavy atom. The van der Waals surface area contributed by atoms with Crippen LogP contribution < -0.4 is 5.73 Å². The van der Waals surface area contributed by atoms with Gasteiger partial charge in [-0.05, 0) is 30.4 Å². The molecule has 0 saturated carbocycles. The van der Waals surface area contributed by atoms with E-state index in [1.807, 2.05) is 4.57 Å². The summed E-state index contributed by atoms with van der Waals surface area (Å²) in [6, 6.07) is 0.